The third-order valence-corrected chi connectivity index (χ3v) is 5.82. The Morgan fingerprint density at radius 2 is 2.07 bits per heavy atom. The van der Waals surface area contributed by atoms with Crippen LogP contribution < -0.4 is 5.32 Å². The average molecular weight is 399 g/mol. The molecule has 0 aliphatic heterocycles. The highest BCUT2D eigenvalue weighted by molar-refractivity contribution is 7.99. The van der Waals surface area contributed by atoms with Crippen molar-refractivity contribution in [3.05, 3.63) is 76.8 Å². The van der Waals surface area contributed by atoms with E-state index in [-0.39, 0.29) is 5.91 Å². The van der Waals surface area contributed by atoms with Crippen LogP contribution in [0.15, 0.2) is 65.7 Å². The predicted octanol–water partition coefficient (Wildman–Crippen LogP) is 3.57. The minimum Gasteiger partial charge on any atom is -0.355 e. The van der Waals surface area contributed by atoms with E-state index in [1.165, 1.54) is 22.2 Å². The first-order valence-corrected chi connectivity index (χ1v) is 10.6. The smallest absolute Gasteiger partial charge is 0.230 e. The summed E-state index contributed by atoms with van der Waals surface area (Å²) >= 11 is 3.11. The molecule has 27 heavy (non-hydrogen) atoms. The predicted molar refractivity (Wildman–Crippen MR) is 111 cm³/mol. The van der Waals surface area contributed by atoms with Gasteiger partial charge in [0.15, 0.2) is 5.16 Å². The van der Waals surface area contributed by atoms with E-state index in [0.29, 0.717) is 25.3 Å². The second kappa shape index (κ2) is 10.1. The second-order valence-electron chi connectivity index (χ2n) is 5.93. The summed E-state index contributed by atoms with van der Waals surface area (Å²) in [4.78, 5) is 13.4. The summed E-state index contributed by atoms with van der Waals surface area (Å²) in [5.41, 5.74) is 1.18. The third-order valence-electron chi connectivity index (χ3n) is 3.92. The Labute approximate surface area is 167 Å². The van der Waals surface area contributed by atoms with Crippen molar-refractivity contribution < 1.29 is 4.79 Å². The molecule has 7 heteroatoms. The van der Waals surface area contributed by atoms with Gasteiger partial charge in [-0.1, -0.05) is 54.2 Å². The van der Waals surface area contributed by atoms with Gasteiger partial charge in [-0.05, 0) is 23.4 Å². The fraction of sp³-hybridized carbons (Fsp3) is 0.250. The Morgan fingerprint density at radius 3 is 2.81 bits per heavy atom. The Bertz CT molecular complexity index is 860. The first-order valence-electron chi connectivity index (χ1n) is 8.75. The largest absolute Gasteiger partial charge is 0.355 e. The molecule has 0 radical (unpaired) electrons. The molecule has 3 rings (SSSR count). The van der Waals surface area contributed by atoms with E-state index < -0.39 is 0 Å². The number of nitrogens with zero attached hydrogens (tertiary/aromatic N) is 3. The van der Waals surface area contributed by atoms with E-state index in [1.54, 1.807) is 11.3 Å². The Morgan fingerprint density at radius 1 is 1.22 bits per heavy atom. The van der Waals surface area contributed by atoms with Gasteiger partial charge in [-0.2, -0.15) is 0 Å². The highest BCUT2D eigenvalue weighted by atomic mass is 32.2. The average Bonchev–Trinajstić information content (AvgIpc) is 3.32. The molecule has 0 spiro atoms. The van der Waals surface area contributed by atoms with E-state index >= 15 is 0 Å². The lowest BCUT2D eigenvalue weighted by Gasteiger charge is -2.08. The lowest BCUT2D eigenvalue weighted by Crippen LogP contribution is -2.27. The molecule has 0 saturated heterocycles. The van der Waals surface area contributed by atoms with Crippen LogP contribution in [0.25, 0.3) is 0 Å². The van der Waals surface area contributed by atoms with Crippen molar-refractivity contribution >= 4 is 29.0 Å². The molecule has 0 saturated carbocycles. The molecule has 0 bridgehead atoms. The normalized spacial score (nSPS) is 10.7. The van der Waals surface area contributed by atoms with Gasteiger partial charge in [-0.25, -0.2) is 0 Å². The van der Waals surface area contributed by atoms with Crippen LogP contribution in [0.3, 0.4) is 0 Å². The van der Waals surface area contributed by atoms with Crippen LogP contribution in [0, 0.1) is 0 Å². The number of benzene rings is 1. The van der Waals surface area contributed by atoms with Crippen LogP contribution in [0.5, 0.6) is 0 Å². The standard InChI is InChI=1S/C20H22N4OS2/c1-2-12-24-18(14-16-7-4-3-5-8-16)22-23-20(24)27-15-19(25)21-11-10-17-9-6-13-26-17/h2-9,13H,1,10-12,14-15H2,(H,21,25). The number of nitrogens with one attached hydrogen (secondary N) is 1. The number of amides is 1. The van der Waals surface area contributed by atoms with Crippen LogP contribution in [-0.4, -0.2) is 33.0 Å². The van der Waals surface area contributed by atoms with Crippen LogP contribution in [-0.2, 0) is 24.2 Å². The second-order valence-corrected chi connectivity index (χ2v) is 7.90. The first kappa shape index (κ1) is 19.4. The van der Waals surface area contributed by atoms with Crippen molar-refractivity contribution in [2.75, 3.05) is 12.3 Å². The number of aromatic nitrogens is 3. The Kier molecular flexibility index (Phi) is 7.24. The maximum Gasteiger partial charge on any atom is 0.230 e. The Hall–Kier alpha value is -2.38. The number of carbonyl (C=O) groups excluding carboxylic acids is 1. The summed E-state index contributed by atoms with van der Waals surface area (Å²) in [5, 5.41) is 14.3. The number of hydrogen-bond acceptors (Lipinski definition) is 5. The number of allylic oxidation sites excluding steroid dienone is 1. The number of hydrogen-bond donors (Lipinski definition) is 1. The molecule has 2 aromatic heterocycles. The van der Waals surface area contributed by atoms with Gasteiger partial charge in [0.25, 0.3) is 0 Å². The van der Waals surface area contributed by atoms with Crippen molar-refractivity contribution in [1.29, 1.82) is 0 Å². The van der Waals surface area contributed by atoms with Crippen molar-refractivity contribution in [3.63, 3.8) is 0 Å². The molecule has 0 aliphatic carbocycles. The number of thiophene rings is 1. The topological polar surface area (TPSA) is 59.8 Å². The minimum atomic E-state index is 0.00863. The van der Waals surface area contributed by atoms with Crippen LogP contribution >= 0.6 is 23.1 Å². The maximum absolute atomic E-state index is 12.1. The zero-order chi connectivity index (χ0) is 18.9. The summed E-state index contributed by atoms with van der Waals surface area (Å²) in [6.07, 6.45) is 3.39. The zero-order valence-corrected chi connectivity index (χ0v) is 16.6. The molecule has 0 aliphatic rings. The molecular formula is C20H22N4OS2. The lowest BCUT2D eigenvalue weighted by atomic mass is 10.1. The van der Waals surface area contributed by atoms with Crippen molar-refractivity contribution in [1.82, 2.24) is 20.1 Å². The van der Waals surface area contributed by atoms with E-state index in [2.05, 4.69) is 40.3 Å². The molecule has 3 aromatic rings. The summed E-state index contributed by atoms with van der Waals surface area (Å²) in [6, 6.07) is 14.3. The first-order chi connectivity index (χ1) is 13.3. The molecule has 2 heterocycles. The lowest BCUT2D eigenvalue weighted by molar-refractivity contribution is -0.118. The fourth-order valence-electron chi connectivity index (χ4n) is 2.61. The quantitative estimate of drug-likeness (QED) is 0.419. The molecule has 5 nitrogen and oxygen atoms in total. The molecular weight excluding hydrogens is 376 g/mol. The molecule has 1 aromatic carbocycles. The summed E-state index contributed by atoms with van der Waals surface area (Å²) in [7, 11) is 0. The van der Waals surface area contributed by atoms with Gasteiger partial charge < -0.3 is 9.88 Å². The zero-order valence-electron chi connectivity index (χ0n) is 15.0. The van der Waals surface area contributed by atoms with Gasteiger partial charge in [-0.3, -0.25) is 4.79 Å². The molecule has 0 atom stereocenters. The highest BCUT2D eigenvalue weighted by Gasteiger charge is 2.13. The molecule has 1 N–H and O–H groups in total. The van der Waals surface area contributed by atoms with Crippen LogP contribution in [0.1, 0.15) is 16.3 Å². The third kappa shape index (κ3) is 5.80. The Balaban J connectivity index is 1.54. The summed E-state index contributed by atoms with van der Waals surface area (Å²) in [6.45, 7) is 5.09. The van der Waals surface area contributed by atoms with Crippen LogP contribution in [0.2, 0.25) is 0 Å². The minimum absolute atomic E-state index is 0.00863. The van der Waals surface area contributed by atoms with Gasteiger partial charge in [0.1, 0.15) is 5.82 Å². The van der Waals surface area contributed by atoms with Gasteiger partial charge >= 0.3 is 0 Å². The van der Waals surface area contributed by atoms with Crippen molar-refractivity contribution in [2.24, 2.45) is 0 Å². The molecule has 0 unspecified atom stereocenters. The van der Waals surface area contributed by atoms with Gasteiger partial charge in [0.05, 0.1) is 5.75 Å². The SMILES string of the molecule is C=CCn1c(Cc2ccccc2)nnc1SCC(=O)NCCc1cccs1. The molecule has 140 valence electrons. The fourth-order valence-corrected chi connectivity index (χ4v) is 4.11. The number of thioether (sulfide) groups is 1. The van der Waals surface area contributed by atoms with Crippen molar-refractivity contribution in [3.8, 4) is 0 Å². The van der Waals surface area contributed by atoms with Gasteiger partial charge in [0, 0.05) is 24.4 Å². The van der Waals surface area contributed by atoms with E-state index in [1.807, 2.05) is 40.3 Å². The van der Waals surface area contributed by atoms with Crippen LogP contribution in [0.4, 0.5) is 0 Å². The maximum atomic E-state index is 12.1. The monoisotopic (exact) mass is 398 g/mol. The molecule has 0 fully saturated rings. The van der Waals surface area contributed by atoms with Crippen molar-refractivity contribution in [2.45, 2.75) is 24.5 Å². The molecule has 1 amide bonds. The van der Waals surface area contributed by atoms with E-state index in [0.717, 1.165) is 17.4 Å². The van der Waals surface area contributed by atoms with Gasteiger partial charge in [0.2, 0.25) is 5.91 Å². The summed E-state index contributed by atoms with van der Waals surface area (Å²) in [5.74, 6) is 1.21. The van der Waals surface area contributed by atoms with Gasteiger partial charge in [-0.15, -0.1) is 28.1 Å². The van der Waals surface area contributed by atoms with E-state index in [9.17, 15) is 4.79 Å². The summed E-state index contributed by atoms with van der Waals surface area (Å²) < 4.78 is 2.02. The highest BCUT2D eigenvalue weighted by Crippen LogP contribution is 2.19. The number of rotatable bonds is 10. The van der Waals surface area contributed by atoms with E-state index in [4.69, 9.17) is 0 Å². The number of carbonyl (C=O) groups is 1.